The van der Waals surface area contributed by atoms with E-state index in [0.29, 0.717) is 29.6 Å². The van der Waals surface area contributed by atoms with E-state index in [1.165, 1.54) is 0 Å². The van der Waals surface area contributed by atoms with Crippen LogP contribution in [0.3, 0.4) is 0 Å². The van der Waals surface area contributed by atoms with Crippen molar-refractivity contribution in [2.75, 3.05) is 11.5 Å². The minimum atomic E-state index is -0.571. The smallest absolute Gasteiger partial charge is 0.240 e. The predicted molar refractivity (Wildman–Crippen MR) is 88.3 cm³/mol. The highest BCUT2D eigenvalue weighted by atomic mass is 35.5. The van der Waals surface area contributed by atoms with Crippen LogP contribution < -0.4 is 11.5 Å². The van der Waals surface area contributed by atoms with Gasteiger partial charge in [0.05, 0.1) is 18.8 Å². The number of carbonyl (C=O) groups excluding carboxylic acids is 1. The second kappa shape index (κ2) is 5.66. The van der Waals surface area contributed by atoms with Gasteiger partial charge in [-0.2, -0.15) is 17.6 Å². The van der Waals surface area contributed by atoms with Gasteiger partial charge in [0, 0.05) is 10.6 Å². The lowest BCUT2D eigenvalue weighted by molar-refractivity contribution is -0.131. The van der Waals surface area contributed by atoms with Gasteiger partial charge in [-0.3, -0.25) is 4.79 Å². The zero-order valence-electron chi connectivity index (χ0n) is 11.5. The molecule has 1 aliphatic rings. The average molecular weight is 336 g/mol. The molecule has 1 aromatic heterocycles. The first kappa shape index (κ1) is 14.9. The second-order valence-corrected chi connectivity index (χ2v) is 5.99. The number of nitrogens with two attached hydrogens (primary N) is 2. The molecule has 114 valence electrons. The van der Waals surface area contributed by atoms with Gasteiger partial charge in [-0.05, 0) is 17.7 Å². The molecule has 2 heterocycles. The molecule has 0 radical (unpaired) electrons. The highest BCUT2D eigenvalue weighted by Crippen LogP contribution is 2.30. The number of nitrogen functional groups attached to an aromatic ring is 2. The predicted octanol–water partition coefficient (Wildman–Crippen LogP) is 1.81. The molecule has 8 heteroatoms. The van der Waals surface area contributed by atoms with Crippen molar-refractivity contribution in [1.82, 2.24) is 14.9 Å². The molecule has 0 spiro atoms. The lowest BCUT2D eigenvalue weighted by Gasteiger charge is -2.19. The maximum absolute atomic E-state index is 12.6. The first-order valence-electron chi connectivity index (χ1n) is 6.58. The molecular formula is C14H14ClN5OS. The standard InChI is InChI=1S/C14H14ClN5OS/c15-8-3-1-7(2-4-8)11(22)13(21)20-5-9-10(6-20)18-14(17)19-12(9)16/h1-4,11,22H,5-6H2,(H4,16,17,18,19). The van der Waals surface area contributed by atoms with Crippen LogP contribution in [0.5, 0.6) is 0 Å². The zero-order valence-corrected chi connectivity index (χ0v) is 13.2. The molecule has 1 unspecified atom stereocenters. The minimum absolute atomic E-state index is 0.116. The van der Waals surface area contributed by atoms with Crippen molar-refractivity contribution in [2.24, 2.45) is 0 Å². The quantitative estimate of drug-likeness (QED) is 0.727. The summed E-state index contributed by atoms with van der Waals surface area (Å²) >= 11 is 10.3. The third kappa shape index (κ3) is 2.69. The number of hydrogen-bond acceptors (Lipinski definition) is 6. The zero-order chi connectivity index (χ0) is 15.9. The Morgan fingerprint density at radius 2 is 1.91 bits per heavy atom. The first-order chi connectivity index (χ1) is 10.5. The molecule has 0 bridgehead atoms. The summed E-state index contributed by atoms with van der Waals surface area (Å²) in [6.45, 7) is 0.723. The highest BCUT2D eigenvalue weighted by Gasteiger charge is 2.30. The number of anilines is 2. The monoisotopic (exact) mass is 335 g/mol. The number of halogens is 1. The van der Waals surface area contributed by atoms with Crippen molar-refractivity contribution in [2.45, 2.75) is 18.3 Å². The third-order valence-corrected chi connectivity index (χ3v) is 4.33. The summed E-state index contributed by atoms with van der Waals surface area (Å²) in [7, 11) is 0. The number of carbonyl (C=O) groups is 1. The Labute approximate surface area is 137 Å². The molecule has 4 N–H and O–H groups in total. The SMILES string of the molecule is Nc1nc(N)c2c(n1)CN(C(=O)C(S)c1ccc(Cl)cc1)C2. The third-order valence-electron chi connectivity index (χ3n) is 3.56. The van der Waals surface area contributed by atoms with Gasteiger partial charge in [-0.1, -0.05) is 23.7 Å². The fourth-order valence-electron chi connectivity index (χ4n) is 2.42. The molecule has 1 aliphatic heterocycles. The molecule has 22 heavy (non-hydrogen) atoms. The van der Waals surface area contributed by atoms with Gasteiger partial charge in [-0.15, -0.1) is 0 Å². The fraction of sp³-hybridized carbons (Fsp3) is 0.214. The number of nitrogens with zero attached hydrogens (tertiary/aromatic N) is 3. The number of hydrogen-bond donors (Lipinski definition) is 3. The van der Waals surface area contributed by atoms with Crippen LogP contribution in [0.4, 0.5) is 11.8 Å². The normalized spacial score (nSPS) is 14.7. The number of aromatic nitrogens is 2. The van der Waals surface area contributed by atoms with Crippen LogP contribution in [0.2, 0.25) is 5.02 Å². The Hall–Kier alpha value is -1.99. The largest absolute Gasteiger partial charge is 0.383 e. The Kier molecular flexibility index (Phi) is 3.84. The fourth-order valence-corrected chi connectivity index (χ4v) is 2.88. The first-order valence-corrected chi connectivity index (χ1v) is 7.48. The molecular weight excluding hydrogens is 322 g/mol. The van der Waals surface area contributed by atoms with E-state index in [2.05, 4.69) is 22.6 Å². The molecule has 1 amide bonds. The Morgan fingerprint density at radius 3 is 2.59 bits per heavy atom. The van der Waals surface area contributed by atoms with Crippen LogP contribution in [-0.4, -0.2) is 20.8 Å². The van der Waals surface area contributed by atoms with Crippen molar-refractivity contribution in [3.05, 3.63) is 46.1 Å². The van der Waals surface area contributed by atoms with Crippen LogP contribution >= 0.6 is 24.2 Å². The molecule has 2 aromatic rings. The van der Waals surface area contributed by atoms with Crippen molar-refractivity contribution >= 4 is 41.9 Å². The summed E-state index contributed by atoms with van der Waals surface area (Å²) in [6.07, 6.45) is 0. The Morgan fingerprint density at radius 1 is 1.23 bits per heavy atom. The van der Waals surface area contributed by atoms with Gasteiger partial charge in [0.15, 0.2) is 0 Å². The lowest BCUT2D eigenvalue weighted by Crippen LogP contribution is -2.28. The van der Waals surface area contributed by atoms with Crippen LogP contribution in [0.1, 0.15) is 22.1 Å². The Bertz CT molecular complexity index is 737. The summed E-state index contributed by atoms with van der Waals surface area (Å²) in [5.74, 6) is 0.312. The molecule has 0 saturated carbocycles. The summed E-state index contributed by atoms with van der Waals surface area (Å²) in [6, 6.07) is 7.03. The van der Waals surface area contributed by atoms with Crippen molar-refractivity contribution in [1.29, 1.82) is 0 Å². The van der Waals surface area contributed by atoms with E-state index in [1.54, 1.807) is 29.2 Å². The van der Waals surface area contributed by atoms with Gasteiger partial charge in [0.1, 0.15) is 11.1 Å². The van der Waals surface area contributed by atoms with Gasteiger partial charge in [-0.25, -0.2) is 4.98 Å². The molecule has 1 aromatic carbocycles. The van der Waals surface area contributed by atoms with E-state index in [0.717, 1.165) is 11.1 Å². The summed E-state index contributed by atoms with van der Waals surface area (Å²) in [5, 5.41) is 0.0435. The average Bonchev–Trinajstić information content (AvgIpc) is 2.90. The summed E-state index contributed by atoms with van der Waals surface area (Å²) < 4.78 is 0. The van der Waals surface area contributed by atoms with Gasteiger partial charge >= 0.3 is 0 Å². The van der Waals surface area contributed by atoms with Crippen molar-refractivity contribution in [3.63, 3.8) is 0 Å². The van der Waals surface area contributed by atoms with Gasteiger partial charge in [0.2, 0.25) is 11.9 Å². The van der Waals surface area contributed by atoms with Crippen LogP contribution in [0.15, 0.2) is 24.3 Å². The maximum atomic E-state index is 12.6. The van der Waals surface area contributed by atoms with E-state index < -0.39 is 5.25 Å². The summed E-state index contributed by atoms with van der Waals surface area (Å²) in [4.78, 5) is 22.3. The number of thiol groups is 1. The van der Waals surface area contributed by atoms with E-state index in [-0.39, 0.29) is 11.9 Å². The second-order valence-electron chi connectivity index (χ2n) is 5.04. The van der Waals surface area contributed by atoms with Gasteiger partial charge < -0.3 is 16.4 Å². The minimum Gasteiger partial charge on any atom is -0.383 e. The molecule has 1 atom stereocenters. The van der Waals surface area contributed by atoms with Crippen molar-refractivity contribution < 1.29 is 4.79 Å². The van der Waals surface area contributed by atoms with E-state index in [4.69, 9.17) is 23.1 Å². The number of benzene rings is 1. The van der Waals surface area contributed by atoms with Crippen LogP contribution in [0.25, 0.3) is 0 Å². The molecule has 6 nitrogen and oxygen atoms in total. The lowest BCUT2D eigenvalue weighted by atomic mass is 10.1. The molecule has 3 rings (SSSR count). The van der Waals surface area contributed by atoms with Gasteiger partial charge in [0.25, 0.3) is 0 Å². The number of fused-ring (bicyclic) bond motifs is 1. The maximum Gasteiger partial charge on any atom is 0.240 e. The molecule has 0 fully saturated rings. The Balaban J connectivity index is 1.80. The van der Waals surface area contributed by atoms with Crippen LogP contribution in [0, 0.1) is 0 Å². The van der Waals surface area contributed by atoms with Crippen molar-refractivity contribution in [3.8, 4) is 0 Å². The van der Waals surface area contributed by atoms with Crippen LogP contribution in [-0.2, 0) is 17.9 Å². The summed E-state index contributed by atoms with van der Waals surface area (Å²) in [5.41, 5.74) is 13.6. The topological polar surface area (TPSA) is 98.1 Å². The number of amides is 1. The molecule has 0 saturated heterocycles. The van der Waals surface area contributed by atoms with E-state index in [1.807, 2.05) is 0 Å². The number of rotatable bonds is 2. The highest BCUT2D eigenvalue weighted by molar-refractivity contribution is 7.81. The van der Waals surface area contributed by atoms with E-state index >= 15 is 0 Å². The van der Waals surface area contributed by atoms with E-state index in [9.17, 15) is 4.79 Å². The molecule has 0 aliphatic carbocycles.